The summed E-state index contributed by atoms with van der Waals surface area (Å²) >= 11 is 0. The molecular weight excluding hydrogens is 434 g/mol. The molecule has 1 saturated carbocycles. The van der Waals surface area contributed by atoms with E-state index in [0.717, 1.165) is 57.5 Å². The van der Waals surface area contributed by atoms with Crippen LogP contribution in [-0.4, -0.2) is 77.9 Å². The smallest absolute Gasteiger partial charge is 0.297 e. The van der Waals surface area contributed by atoms with E-state index in [2.05, 4.69) is 55.1 Å². The van der Waals surface area contributed by atoms with Gasteiger partial charge >= 0.3 is 0 Å². The van der Waals surface area contributed by atoms with Crippen LogP contribution in [0.25, 0.3) is 0 Å². The average molecular weight is 470 g/mol. The van der Waals surface area contributed by atoms with Crippen molar-refractivity contribution in [3.05, 3.63) is 36.2 Å². The van der Waals surface area contributed by atoms with Gasteiger partial charge < -0.3 is 25.5 Å². The molecule has 1 aliphatic heterocycles. The van der Waals surface area contributed by atoms with Gasteiger partial charge in [0.05, 0.1) is 18.9 Å². The van der Waals surface area contributed by atoms with Crippen molar-refractivity contribution in [2.45, 2.75) is 44.8 Å². The third kappa shape index (κ3) is 6.34. The number of rotatable bonds is 8. The Labute approximate surface area is 200 Å². The van der Waals surface area contributed by atoms with Crippen molar-refractivity contribution in [2.75, 3.05) is 55.4 Å². The quantitative estimate of drug-likeness (QED) is 0.433. The van der Waals surface area contributed by atoms with Crippen LogP contribution in [-0.2, 0) is 4.84 Å². The second-order valence-corrected chi connectivity index (χ2v) is 8.93. The summed E-state index contributed by atoms with van der Waals surface area (Å²) in [5.41, 5.74) is 4.54. The summed E-state index contributed by atoms with van der Waals surface area (Å²) in [6.07, 6.45) is 4.61. The fraction of sp³-hybridized carbons (Fsp3) is 0.542. The predicted octanol–water partition coefficient (Wildman–Crippen LogP) is 2.37. The fourth-order valence-electron chi connectivity index (χ4n) is 4.28. The Kier molecular flexibility index (Phi) is 8.15. The number of aliphatic hydroxyl groups excluding tert-OH is 1. The summed E-state index contributed by atoms with van der Waals surface area (Å²) in [5.74, 6) is 0.481. The molecule has 10 nitrogen and oxygen atoms in total. The number of aliphatic hydroxyl groups is 1. The molecule has 0 bridgehead atoms. The zero-order chi connectivity index (χ0) is 23.9. The van der Waals surface area contributed by atoms with E-state index in [0.29, 0.717) is 18.2 Å². The summed E-state index contributed by atoms with van der Waals surface area (Å²) < 4.78 is 0. The molecule has 1 amide bonds. The minimum atomic E-state index is -0.460. The first-order valence-electron chi connectivity index (χ1n) is 12.1. The lowest BCUT2D eigenvalue weighted by Crippen LogP contribution is -2.44. The second-order valence-electron chi connectivity index (χ2n) is 8.93. The molecule has 0 radical (unpaired) electrons. The number of benzene rings is 1. The molecule has 2 aliphatic rings. The number of nitrogens with one attached hydrogen (secondary N) is 3. The maximum atomic E-state index is 12.6. The Morgan fingerprint density at radius 1 is 1.12 bits per heavy atom. The summed E-state index contributed by atoms with van der Waals surface area (Å²) in [4.78, 5) is 31.4. The number of carbonyl (C=O) groups excluding carboxylic acids is 1. The molecule has 4 N–H and O–H groups in total. The van der Waals surface area contributed by atoms with Gasteiger partial charge in [-0.15, -0.1) is 0 Å². The third-order valence-electron chi connectivity index (χ3n) is 6.34. The van der Waals surface area contributed by atoms with E-state index in [4.69, 9.17) is 4.84 Å². The number of amides is 1. The highest BCUT2D eigenvalue weighted by Crippen LogP contribution is 2.25. The molecular formula is C24H35N7O3. The van der Waals surface area contributed by atoms with Crippen molar-refractivity contribution in [1.82, 2.24) is 20.3 Å². The van der Waals surface area contributed by atoms with Crippen LogP contribution in [0.5, 0.6) is 0 Å². The highest BCUT2D eigenvalue weighted by Gasteiger charge is 2.22. The molecule has 1 aromatic carbocycles. The van der Waals surface area contributed by atoms with Crippen molar-refractivity contribution < 1.29 is 14.7 Å². The number of hydroxylamine groups is 1. The SMILES string of the molecule is CCONC(=O)c1ncc(N[C@H]2CC[C@H](O)CC2)nc1Nc1ccc(N2CCN(C)CC2)cc1. The predicted molar refractivity (Wildman–Crippen MR) is 132 cm³/mol. The van der Waals surface area contributed by atoms with E-state index in [1.54, 1.807) is 13.1 Å². The average Bonchev–Trinajstić information content (AvgIpc) is 2.85. The van der Waals surface area contributed by atoms with Gasteiger partial charge in [-0.1, -0.05) is 0 Å². The molecule has 34 heavy (non-hydrogen) atoms. The molecule has 0 unspecified atom stereocenters. The van der Waals surface area contributed by atoms with Crippen LogP contribution in [0.4, 0.5) is 23.0 Å². The number of anilines is 4. The van der Waals surface area contributed by atoms with Gasteiger partial charge in [-0.05, 0) is 63.9 Å². The van der Waals surface area contributed by atoms with Gasteiger partial charge in [-0.3, -0.25) is 9.63 Å². The van der Waals surface area contributed by atoms with Gasteiger partial charge in [0, 0.05) is 43.6 Å². The standard InChI is InChI=1S/C24H35N7O3/c1-3-34-29-24(33)22-23(28-21(16-25-22)26-17-6-10-20(32)11-7-17)27-18-4-8-19(9-5-18)31-14-12-30(2)13-15-31/h4-5,8-9,16-17,20,32H,3,6-7,10-15H2,1-2H3,(H,29,33)(H2,26,27,28)/t17-,20-. The zero-order valence-electron chi connectivity index (χ0n) is 20.0. The fourth-order valence-corrected chi connectivity index (χ4v) is 4.28. The number of hydrogen-bond donors (Lipinski definition) is 4. The summed E-state index contributed by atoms with van der Waals surface area (Å²) in [6, 6.07) is 8.36. The maximum Gasteiger partial charge on any atom is 0.297 e. The van der Waals surface area contributed by atoms with Crippen LogP contribution in [0, 0.1) is 0 Å². The van der Waals surface area contributed by atoms with Crippen molar-refractivity contribution >= 4 is 28.9 Å². The Balaban J connectivity index is 1.49. The van der Waals surface area contributed by atoms with Crippen LogP contribution in [0.1, 0.15) is 43.1 Å². The van der Waals surface area contributed by atoms with E-state index in [1.807, 2.05) is 12.1 Å². The highest BCUT2D eigenvalue weighted by atomic mass is 16.6. The van der Waals surface area contributed by atoms with Gasteiger partial charge in [0.2, 0.25) is 0 Å². The van der Waals surface area contributed by atoms with Crippen molar-refractivity contribution in [2.24, 2.45) is 0 Å². The Morgan fingerprint density at radius 2 is 1.82 bits per heavy atom. The minimum Gasteiger partial charge on any atom is -0.393 e. The van der Waals surface area contributed by atoms with E-state index in [-0.39, 0.29) is 17.8 Å². The highest BCUT2D eigenvalue weighted by molar-refractivity contribution is 5.97. The van der Waals surface area contributed by atoms with Crippen LogP contribution < -0.4 is 21.0 Å². The Bertz CT molecular complexity index is 940. The van der Waals surface area contributed by atoms with Gasteiger partial charge in [0.25, 0.3) is 5.91 Å². The van der Waals surface area contributed by atoms with E-state index in [9.17, 15) is 9.90 Å². The summed E-state index contributed by atoms with van der Waals surface area (Å²) in [7, 11) is 2.14. The second kappa shape index (κ2) is 11.5. The molecule has 2 aromatic rings. The molecule has 2 fully saturated rings. The zero-order valence-corrected chi connectivity index (χ0v) is 20.0. The number of likely N-dealkylation sites (N-methyl/N-ethyl adjacent to an activating group) is 1. The molecule has 10 heteroatoms. The normalized spacial score (nSPS) is 21.2. The number of hydrogen-bond acceptors (Lipinski definition) is 9. The minimum absolute atomic E-state index is 0.154. The monoisotopic (exact) mass is 469 g/mol. The van der Waals surface area contributed by atoms with Gasteiger partial charge in [-0.2, -0.15) is 0 Å². The van der Waals surface area contributed by atoms with Gasteiger partial charge in [0.15, 0.2) is 11.5 Å². The first-order valence-corrected chi connectivity index (χ1v) is 12.1. The van der Waals surface area contributed by atoms with Crippen LogP contribution in [0.3, 0.4) is 0 Å². The first-order chi connectivity index (χ1) is 16.5. The van der Waals surface area contributed by atoms with Crippen molar-refractivity contribution in [3.63, 3.8) is 0 Å². The van der Waals surface area contributed by atoms with E-state index in [1.165, 1.54) is 5.69 Å². The van der Waals surface area contributed by atoms with Gasteiger partial charge in [-0.25, -0.2) is 15.4 Å². The molecule has 1 aromatic heterocycles. The van der Waals surface area contributed by atoms with E-state index < -0.39 is 5.91 Å². The Morgan fingerprint density at radius 3 is 2.50 bits per heavy atom. The molecule has 1 saturated heterocycles. The largest absolute Gasteiger partial charge is 0.393 e. The number of nitrogens with zero attached hydrogens (tertiary/aromatic N) is 4. The third-order valence-corrected chi connectivity index (χ3v) is 6.34. The maximum absolute atomic E-state index is 12.6. The molecule has 0 atom stereocenters. The molecule has 184 valence electrons. The Hall–Kier alpha value is -2.95. The lowest BCUT2D eigenvalue weighted by molar-refractivity contribution is 0.0360. The van der Waals surface area contributed by atoms with Crippen LogP contribution in [0.15, 0.2) is 30.5 Å². The van der Waals surface area contributed by atoms with E-state index >= 15 is 0 Å². The lowest BCUT2D eigenvalue weighted by Gasteiger charge is -2.34. The van der Waals surface area contributed by atoms with Crippen LogP contribution in [0.2, 0.25) is 0 Å². The number of piperazine rings is 1. The summed E-state index contributed by atoms with van der Waals surface area (Å²) in [5, 5.41) is 16.4. The molecule has 2 heterocycles. The number of aromatic nitrogens is 2. The number of carbonyl (C=O) groups is 1. The topological polar surface area (TPSA) is 115 Å². The molecule has 0 spiro atoms. The van der Waals surface area contributed by atoms with Gasteiger partial charge in [0.1, 0.15) is 5.82 Å². The molecule has 4 rings (SSSR count). The summed E-state index contributed by atoms with van der Waals surface area (Å²) in [6.45, 7) is 6.25. The van der Waals surface area contributed by atoms with Crippen molar-refractivity contribution in [3.8, 4) is 0 Å². The lowest BCUT2D eigenvalue weighted by atomic mass is 9.93. The van der Waals surface area contributed by atoms with Crippen LogP contribution >= 0.6 is 0 Å². The molecule has 1 aliphatic carbocycles. The first kappa shape index (κ1) is 24.2. The van der Waals surface area contributed by atoms with Crippen molar-refractivity contribution in [1.29, 1.82) is 0 Å².